The molecule has 0 atom stereocenters. The van der Waals surface area contributed by atoms with Crippen molar-refractivity contribution in [2.75, 3.05) is 6.61 Å². The molecule has 4 nitrogen and oxygen atoms in total. The number of alkyl halides is 3. The number of benzene rings is 1. The van der Waals surface area contributed by atoms with E-state index in [0.717, 1.165) is 12.3 Å². The van der Waals surface area contributed by atoms with Crippen LogP contribution < -0.4 is 0 Å². The van der Waals surface area contributed by atoms with E-state index in [-0.39, 0.29) is 17.2 Å². The highest BCUT2D eigenvalue weighted by Gasteiger charge is 2.40. The highest BCUT2D eigenvalue weighted by Crippen LogP contribution is 2.33. The number of hydrogen-bond donors (Lipinski definition) is 0. The molecule has 2 aromatic rings. The molecule has 0 bridgehead atoms. The van der Waals surface area contributed by atoms with Crippen LogP contribution >= 0.6 is 11.6 Å². The van der Waals surface area contributed by atoms with Crippen LogP contribution in [0.25, 0.3) is 0 Å². The number of hydrogen-bond acceptors (Lipinski definition) is 3. The van der Waals surface area contributed by atoms with E-state index in [4.69, 9.17) is 11.6 Å². The number of carbonyl (C=O) groups is 1. The summed E-state index contributed by atoms with van der Waals surface area (Å²) in [7, 11) is 0. The molecule has 1 aromatic heterocycles. The van der Waals surface area contributed by atoms with Crippen molar-refractivity contribution in [2.45, 2.75) is 19.6 Å². The first kappa shape index (κ1) is 17.3. The van der Waals surface area contributed by atoms with Gasteiger partial charge >= 0.3 is 12.1 Å². The van der Waals surface area contributed by atoms with Crippen molar-refractivity contribution in [3.63, 3.8) is 0 Å². The van der Waals surface area contributed by atoms with Gasteiger partial charge in [0.15, 0.2) is 5.69 Å². The van der Waals surface area contributed by atoms with Gasteiger partial charge in [-0.05, 0) is 18.6 Å². The van der Waals surface area contributed by atoms with E-state index in [1.807, 2.05) is 0 Å². The molecule has 0 unspecified atom stereocenters. The molecule has 124 valence electrons. The third-order valence-corrected chi connectivity index (χ3v) is 3.38. The summed E-state index contributed by atoms with van der Waals surface area (Å²) in [6.07, 6.45) is -4.06. The fraction of sp³-hybridized carbons (Fsp3) is 0.286. The van der Waals surface area contributed by atoms with Crippen LogP contribution in [-0.4, -0.2) is 22.4 Å². The Labute approximate surface area is 133 Å². The number of ether oxygens (including phenoxy) is 1. The molecule has 0 aliphatic rings. The molecular weight excluding hydrogens is 340 g/mol. The molecule has 0 radical (unpaired) electrons. The highest BCUT2D eigenvalue weighted by molar-refractivity contribution is 6.31. The second-order valence-electron chi connectivity index (χ2n) is 4.50. The molecule has 0 spiro atoms. The Morgan fingerprint density at radius 3 is 2.70 bits per heavy atom. The number of rotatable bonds is 4. The van der Waals surface area contributed by atoms with E-state index in [9.17, 15) is 22.4 Å². The summed E-state index contributed by atoms with van der Waals surface area (Å²) in [6, 6.07) is 3.78. The summed E-state index contributed by atoms with van der Waals surface area (Å²) in [4.78, 5) is 11.6. The third kappa shape index (κ3) is 3.64. The van der Waals surface area contributed by atoms with Gasteiger partial charge in [-0.15, -0.1) is 0 Å². The molecule has 1 heterocycles. The van der Waals surface area contributed by atoms with Gasteiger partial charge < -0.3 is 4.74 Å². The molecule has 0 saturated carbocycles. The number of carbonyl (C=O) groups excluding carboxylic acids is 1. The number of halogens is 5. The topological polar surface area (TPSA) is 44.1 Å². The first-order valence-corrected chi connectivity index (χ1v) is 6.86. The zero-order valence-corrected chi connectivity index (χ0v) is 12.6. The maximum absolute atomic E-state index is 13.4. The van der Waals surface area contributed by atoms with Gasteiger partial charge in [0, 0.05) is 0 Å². The van der Waals surface area contributed by atoms with Crippen molar-refractivity contribution >= 4 is 17.6 Å². The van der Waals surface area contributed by atoms with Crippen LogP contribution in [-0.2, 0) is 17.5 Å². The van der Waals surface area contributed by atoms with E-state index in [1.54, 1.807) is 0 Å². The van der Waals surface area contributed by atoms with Gasteiger partial charge in [-0.2, -0.15) is 18.3 Å². The molecule has 9 heteroatoms. The Bertz CT molecular complexity index is 728. The van der Waals surface area contributed by atoms with Gasteiger partial charge in [0.05, 0.1) is 24.4 Å². The number of aromatic nitrogens is 2. The first-order valence-electron chi connectivity index (χ1n) is 6.48. The summed E-state index contributed by atoms with van der Waals surface area (Å²) in [6.45, 7) is 0.962. The molecule has 0 saturated heterocycles. The van der Waals surface area contributed by atoms with Crippen molar-refractivity contribution in [1.29, 1.82) is 0 Å². The predicted molar refractivity (Wildman–Crippen MR) is 73.7 cm³/mol. The van der Waals surface area contributed by atoms with Gasteiger partial charge in [0.1, 0.15) is 11.4 Å². The number of nitrogens with zero attached hydrogens (tertiary/aromatic N) is 2. The quantitative estimate of drug-likeness (QED) is 0.620. The van der Waals surface area contributed by atoms with E-state index in [0.29, 0.717) is 4.68 Å². The van der Waals surface area contributed by atoms with Crippen LogP contribution in [0.15, 0.2) is 24.4 Å². The van der Waals surface area contributed by atoms with Crippen LogP contribution in [0.4, 0.5) is 17.6 Å². The molecule has 0 aliphatic heterocycles. The van der Waals surface area contributed by atoms with Gasteiger partial charge in [0.2, 0.25) is 0 Å². The number of esters is 1. The second-order valence-corrected chi connectivity index (χ2v) is 4.87. The zero-order valence-electron chi connectivity index (χ0n) is 11.8. The highest BCUT2D eigenvalue weighted by atomic mass is 35.5. The molecule has 0 amide bonds. The van der Waals surface area contributed by atoms with E-state index >= 15 is 0 Å². The normalized spacial score (nSPS) is 11.6. The van der Waals surface area contributed by atoms with Gasteiger partial charge in [-0.1, -0.05) is 23.7 Å². The fourth-order valence-electron chi connectivity index (χ4n) is 1.99. The second kappa shape index (κ2) is 6.57. The van der Waals surface area contributed by atoms with Gasteiger partial charge in [0.25, 0.3) is 0 Å². The summed E-state index contributed by atoms with van der Waals surface area (Å²) in [5.74, 6) is -1.88. The van der Waals surface area contributed by atoms with Gasteiger partial charge in [-0.25, -0.2) is 9.18 Å². The average molecular weight is 351 g/mol. The van der Waals surface area contributed by atoms with Gasteiger partial charge in [-0.3, -0.25) is 4.68 Å². The lowest BCUT2D eigenvalue weighted by atomic mass is 10.2. The summed E-state index contributed by atoms with van der Waals surface area (Å²) < 4.78 is 58.3. The summed E-state index contributed by atoms with van der Waals surface area (Å²) in [5, 5.41) is 3.27. The van der Waals surface area contributed by atoms with Crippen LogP contribution in [0, 0.1) is 5.82 Å². The summed E-state index contributed by atoms with van der Waals surface area (Å²) >= 11 is 5.74. The van der Waals surface area contributed by atoms with Crippen molar-refractivity contribution in [3.05, 3.63) is 52.1 Å². The fourth-order valence-corrected chi connectivity index (χ4v) is 2.18. The monoisotopic (exact) mass is 350 g/mol. The Hall–Kier alpha value is -2.09. The first-order chi connectivity index (χ1) is 10.8. The van der Waals surface area contributed by atoms with E-state index in [1.165, 1.54) is 19.1 Å². The Morgan fingerprint density at radius 1 is 1.39 bits per heavy atom. The molecular formula is C14H11ClF4N2O2. The molecule has 0 N–H and O–H groups in total. The molecule has 1 aromatic carbocycles. The predicted octanol–water partition coefficient (Wildman–Crippen LogP) is 3.92. The Kier molecular flexibility index (Phi) is 4.93. The third-order valence-electron chi connectivity index (χ3n) is 2.95. The molecule has 0 fully saturated rings. The Balaban J connectivity index is 2.47. The lowest BCUT2D eigenvalue weighted by molar-refractivity contribution is -0.144. The van der Waals surface area contributed by atoms with Crippen molar-refractivity contribution in [3.8, 4) is 0 Å². The van der Waals surface area contributed by atoms with Crippen molar-refractivity contribution in [1.82, 2.24) is 9.78 Å². The maximum Gasteiger partial charge on any atom is 0.433 e. The molecule has 23 heavy (non-hydrogen) atoms. The SMILES string of the molecule is CCOC(=O)c1cnn(Cc2cccc(F)c2Cl)c1C(F)(F)F. The largest absolute Gasteiger partial charge is 0.462 e. The zero-order chi connectivity index (χ0) is 17.2. The average Bonchev–Trinajstić information content (AvgIpc) is 2.88. The maximum atomic E-state index is 13.4. The summed E-state index contributed by atoms with van der Waals surface area (Å²) in [5.41, 5.74) is -1.86. The van der Waals surface area contributed by atoms with E-state index in [2.05, 4.69) is 9.84 Å². The lowest BCUT2D eigenvalue weighted by Gasteiger charge is -2.13. The minimum atomic E-state index is -4.83. The van der Waals surface area contributed by atoms with Crippen LogP contribution in [0.1, 0.15) is 28.5 Å². The lowest BCUT2D eigenvalue weighted by Crippen LogP contribution is -2.20. The van der Waals surface area contributed by atoms with Crippen molar-refractivity contribution < 1.29 is 27.1 Å². The standard InChI is InChI=1S/C14H11ClF4N2O2/c1-2-23-13(22)9-6-20-21(12(9)14(17,18)19)7-8-4-3-5-10(16)11(8)15/h3-6H,2,7H2,1H3. The molecule has 0 aliphatic carbocycles. The van der Waals surface area contributed by atoms with Crippen LogP contribution in [0.3, 0.4) is 0 Å². The van der Waals surface area contributed by atoms with Crippen molar-refractivity contribution in [2.24, 2.45) is 0 Å². The Morgan fingerprint density at radius 2 is 2.09 bits per heavy atom. The van der Waals surface area contributed by atoms with E-state index < -0.39 is 35.8 Å². The smallest absolute Gasteiger partial charge is 0.433 e. The van der Waals surface area contributed by atoms with Crippen LogP contribution in [0.2, 0.25) is 5.02 Å². The minimum absolute atomic E-state index is 0.0724. The molecule has 2 rings (SSSR count). The minimum Gasteiger partial charge on any atom is -0.462 e. The van der Waals surface area contributed by atoms with Crippen LogP contribution in [0.5, 0.6) is 0 Å².